The number of aromatic nitrogens is 4. The number of para-hydroxylation sites is 1. The predicted molar refractivity (Wildman–Crippen MR) is 250 cm³/mol. The van der Waals surface area contributed by atoms with Gasteiger partial charge in [0.05, 0.1) is 16.7 Å². The summed E-state index contributed by atoms with van der Waals surface area (Å²) in [6, 6.07) is 64.7. The van der Waals surface area contributed by atoms with E-state index in [0.29, 0.717) is 17.5 Å². The molecule has 0 N–H and O–H groups in total. The van der Waals surface area contributed by atoms with Gasteiger partial charge in [-0.25, -0.2) is 15.0 Å². The molecule has 5 heteroatoms. The minimum absolute atomic E-state index is 0.141. The smallest absolute Gasteiger partial charge is 0.164 e. The molecular weight excluding hydrogens is 745 g/mol. The molecule has 0 saturated heterocycles. The highest BCUT2D eigenvalue weighted by atomic mass is 16.3. The molecule has 0 unspecified atom stereocenters. The van der Waals surface area contributed by atoms with E-state index < -0.39 is 0 Å². The zero-order valence-electron chi connectivity index (χ0n) is 33.5. The Hall–Kier alpha value is -7.89. The van der Waals surface area contributed by atoms with Crippen LogP contribution in [0.5, 0.6) is 0 Å². The van der Waals surface area contributed by atoms with Crippen LogP contribution < -0.4 is 0 Å². The highest BCUT2D eigenvalue weighted by molar-refractivity contribution is 6.22. The number of nitrogens with zero attached hydrogens (tertiary/aromatic N) is 4. The molecular formula is C56H36N4O. The Bertz CT molecular complexity index is 3800. The first-order valence-corrected chi connectivity index (χ1v) is 20.9. The van der Waals surface area contributed by atoms with E-state index in [4.69, 9.17) is 19.4 Å². The van der Waals surface area contributed by atoms with Crippen LogP contribution in [0.15, 0.2) is 186 Å². The Kier molecular flexibility index (Phi) is 7.00. The van der Waals surface area contributed by atoms with Gasteiger partial charge in [-0.15, -0.1) is 0 Å². The molecule has 0 radical (unpaired) electrons. The molecule has 5 nitrogen and oxygen atoms in total. The SMILES string of the molecule is CC1(C)c2ccccc2-c2cc3c4ccccc4n(-c4cc5c(oc6cccc(-c7nc(-c8ccccc8)nc(-c8ccc9ccccc9c8)n7)c65)c5ccccc45)c3cc21. The molecule has 3 heterocycles. The molecule has 286 valence electrons. The molecule has 9 aromatic carbocycles. The summed E-state index contributed by atoms with van der Waals surface area (Å²) in [6.07, 6.45) is 0. The number of fused-ring (bicyclic) bond motifs is 12. The van der Waals surface area contributed by atoms with Gasteiger partial charge in [0.2, 0.25) is 0 Å². The van der Waals surface area contributed by atoms with Crippen LogP contribution in [0.1, 0.15) is 25.0 Å². The van der Waals surface area contributed by atoms with Gasteiger partial charge in [0.15, 0.2) is 17.5 Å². The lowest BCUT2D eigenvalue weighted by Crippen LogP contribution is -2.15. The summed E-state index contributed by atoms with van der Waals surface area (Å²) in [5.41, 5.74) is 13.0. The van der Waals surface area contributed by atoms with E-state index in [2.05, 4.69) is 176 Å². The summed E-state index contributed by atoms with van der Waals surface area (Å²) in [4.78, 5) is 15.5. The summed E-state index contributed by atoms with van der Waals surface area (Å²) in [7, 11) is 0. The quantitative estimate of drug-likeness (QED) is 0.178. The van der Waals surface area contributed by atoms with Gasteiger partial charge in [0.1, 0.15) is 11.2 Å². The van der Waals surface area contributed by atoms with Crippen molar-refractivity contribution >= 4 is 65.3 Å². The van der Waals surface area contributed by atoms with E-state index in [1.54, 1.807) is 0 Å². The first-order chi connectivity index (χ1) is 30.0. The Morgan fingerprint density at radius 1 is 0.426 bits per heavy atom. The van der Waals surface area contributed by atoms with Crippen molar-refractivity contribution in [2.45, 2.75) is 19.3 Å². The predicted octanol–water partition coefficient (Wildman–Crippen LogP) is 14.5. The number of benzene rings is 9. The van der Waals surface area contributed by atoms with E-state index in [1.807, 2.05) is 24.3 Å². The molecule has 0 spiro atoms. The number of rotatable bonds is 4. The van der Waals surface area contributed by atoms with Crippen molar-refractivity contribution in [3.05, 3.63) is 193 Å². The summed E-state index contributed by atoms with van der Waals surface area (Å²) in [5, 5.41) is 8.91. The summed E-state index contributed by atoms with van der Waals surface area (Å²) in [6.45, 7) is 4.71. The fourth-order valence-electron chi connectivity index (χ4n) is 10.1. The fraction of sp³-hybridized carbons (Fsp3) is 0.0536. The topological polar surface area (TPSA) is 56.7 Å². The fourth-order valence-corrected chi connectivity index (χ4v) is 10.1. The van der Waals surface area contributed by atoms with Crippen LogP contribution in [0.25, 0.3) is 116 Å². The number of hydrogen-bond donors (Lipinski definition) is 0. The maximum absolute atomic E-state index is 6.90. The van der Waals surface area contributed by atoms with Crippen LogP contribution in [-0.2, 0) is 5.41 Å². The lowest BCUT2D eigenvalue weighted by Gasteiger charge is -2.22. The van der Waals surface area contributed by atoms with Crippen molar-refractivity contribution in [3.63, 3.8) is 0 Å². The van der Waals surface area contributed by atoms with Crippen LogP contribution in [-0.4, -0.2) is 19.5 Å². The molecule has 13 rings (SSSR count). The Labute approximate surface area is 351 Å². The molecule has 0 atom stereocenters. The third-order valence-electron chi connectivity index (χ3n) is 13.0. The van der Waals surface area contributed by atoms with Gasteiger partial charge in [-0.3, -0.25) is 0 Å². The third-order valence-corrected chi connectivity index (χ3v) is 13.0. The summed E-state index contributed by atoms with van der Waals surface area (Å²) in [5.74, 6) is 1.83. The van der Waals surface area contributed by atoms with Gasteiger partial charge in [-0.05, 0) is 69.4 Å². The highest BCUT2D eigenvalue weighted by Gasteiger charge is 2.36. The minimum Gasteiger partial charge on any atom is -0.455 e. The van der Waals surface area contributed by atoms with Crippen molar-refractivity contribution < 1.29 is 4.42 Å². The van der Waals surface area contributed by atoms with Crippen molar-refractivity contribution in [2.24, 2.45) is 0 Å². The summed E-state index contributed by atoms with van der Waals surface area (Å²) < 4.78 is 9.37. The largest absolute Gasteiger partial charge is 0.455 e. The van der Waals surface area contributed by atoms with Gasteiger partial charge >= 0.3 is 0 Å². The second kappa shape index (κ2) is 12.6. The maximum Gasteiger partial charge on any atom is 0.164 e. The molecule has 3 aromatic heterocycles. The average molecular weight is 781 g/mol. The summed E-state index contributed by atoms with van der Waals surface area (Å²) >= 11 is 0. The highest BCUT2D eigenvalue weighted by Crippen LogP contribution is 2.51. The van der Waals surface area contributed by atoms with E-state index in [-0.39, 0.29) is 5.41 Å². The van der Waals surface area contributed by atoms with Gasteiger partial charge in [-0.1, -0.05) is 159 Å². The zero-order chi connectivity index (χ0) is 40.4. The van der Waals surface area contributed by atoms with E-state index >= 15 is 0 Å². The second-order valence-corrected chi connectivity index (χ2v) is 16.8. The Morgan fingerprint density at radius 3 is 1.98 bits per heavy atom. The van der Waals surface area contributed by atoms with Crippen molar-refractivity contribution in [1.82, 2.24) is 19.5 Å². The number of furan rings is 1. The van der Waals surface area contributed by atoms with Crippen molar-refractivity contribution in [3.8, 4) is 51.0 Å². The lowest BCUT2D eigenvalue weighted by molar-refractivity contribution is 0.661. The normalized spacial score (nSPS) is 13.2. The van der Waals surface area contributed by atoms with Crippen molar-refractivity contribution in [1.29, 1.82) is 0 Å². The third kappa shape index (κ3) is 4.92. The van der Waals surface area contributed by atoms with Gasteiger partial charge in [0, 0.05) is 54.4 Å². The molecule has 0 bridgehead atoms. The minimum atomic E-state index is -0.141. The van der Waals surface area contributed by atoms with Gasteiger partial charge in [0.25, 0.3) is 0 Å². The first kappa shape index (κ1) is 34.0. The van der Waals surface area contributed by atoms with E-state index in [0.717, 1.165) is 66.0 Å². The van der Waals surface area contributed by atoms with Crippen LogP contribution in [0.2, 0.25) is 0 Å². The molecule has 0 saturated carbocycles. The molecule has 1 aliphatic rings. The van der Waals surface area contributed by atoms with Crippen LogP contribution in [0.3, 0.4) is 0 Å². The molecule has 0 aliphatic heterocycles. The molecule has 12 aromatic rings. The molecule has 0 fully saturated rings. The standard InChI is InChI=1S/C56H36N4O/c1-56(2)45-24-12-10-19-37(45)42-30-43-39-21-11-13-25-47(39)60(49(43)32-46(42)56)48-31-44-51-41(23-14-26-50(51)61-52(44)40-22-9-8-20-38(40)48)55-58-53(34-16-4-3-5-17-34)57-54(59-55)36-28-27-33-15-6-7-18-35(33)29-36/h3-32H,1-2H3. The monoisotopic (exact) mass is 780 g/mol. The van der Waals surface area contributed by atoms with Gasteiger partial charge < -0.3 is 8.98 Å². The number of hydrogen-bond acceptors (Lipinski definition) is 4. The average Bonchev–Trinajstić information content (AvgIpc) is 3.93. The molecule has 1 aliphatic carbocycles. The zero-order valence-corrected chi connectivity index (χ0v) is 33.5. The van der Waals surface area contributed by atoms with E-state index in [9.17, 15) is 0 Å². The van der Waals surface area contributed by atoms with Crippen LogP contribution in [0, 0.1) is 0 Å². The van der Waals surface area contributed by atoms with Gasteiger partial charge in [-0.2, -0.15) is 0 Å². The second-order valence-electron chi connectivity index (χ2n) is 16.8. The van der Waals surface area contributed by atoms with Crippen molar-refractivity contribution in [2.75, 3.05) is 0 Å². The maximum atomic E-state index is 6.90. The molecule has 0 amide bonds. The Balaban J connectivity index is 1.10. The van der Waals surface area contributed by atoms with Crippen LogP contribution >= 0.6 is 0 Å². The lowest BCUT2D eigenvalue weighted by atomic mass is 9.82. The van der Waals surface area contributed by atoms with E-state index in [1.165, 1.54) is 43.9 Å². The first-order valence-electron chi connectivity index (χ1n) is 20.9. The molecule has 61 heavy (non-hydrogen) atoms. The Morgan fingerprint density at radius 2 is 1.11 bits per heavy atom. The van der Waals surface area contributed by atoms with Crippen LogP contribution in [0.4, 0.5) is 0 Å².